The number of rotatable bonds is 24. The number of ether oxygens (including phenoxy) is 4. The van der Waals surface area contributed by atoms with Crippen LogP contribution in [0.1, 0.15) is 74.0 Å². The number of oxime groups is 1. The molecule has 0 saturated heterocycles. The van der Waals surface area contributed by atoms with Crippen LogP contribution in [0.4, 0.5) is 16.2 Å². The Hall–Kier alpha value is -7.40. The van der Waals surface area contributed by atoms with Crippen LogP contribution in [0.2, 0.25) is 0 Å². The van der Waals surface area contributed by atoms with Crippen LogP contribution in [0.3, 0.4) is 0 Å². The lowest BCUT2D eigenvalue weighted by Crippen LogP contribution is -2.70. The molecule has 0 unspecified atom stereocenters. The summed E-state index contributed by atoms with van der Waals surface area (Å²) in [7, 11) is 0. The van der Waals surface area contributed by atoms with Gasteiger partial charge in [0.25, 0.3) is 11.4 Å². The van der Waals surface area contributed by atoms with Crippen molar-refractivity contribution in [3.63, 3.8) is 0 Å². The Morgan fingerprint density at radius 2 is 1.58 bits per heavy atom. The van der Waals surface area contributed by atoms with Crippen molar-refractivity contribution in [2.75, 3.05) is 26.4 Å². The monoisotopic (exact) mass is 980 g/mol. The Morgan fingerprint density at radius 3 is 2.33 bits per heavy atom. The van der Waals surface area contributed by atoms with Crippen molar-refractivity contribution in [2.45, 2.75) is 82.3 Å². The van der Waals surface area contributed by atoms with E-state index in [-0.39, 0.29) is 75.0 Å². The van der Waals surface area contributed by atoms with Crippen LogP contribution >= 0.6 is 0 Å². The van der Waals surface area contributed by atoms with E-state index in [4.69, 9.17) is 28.9 Å². The third-order valence-corrected chi connectivity index (χ3v) is 13.8. The Morgan fingerprint density at radius 1 is 0.847 bits per heavy atom. The number of amides is 1. The van der Waals surface area contributed by atoms with Gasteiger partial charge in [0.05, 0.1) is 47.3 Å². The van der Waals surface area contributed by atoms with Crippen molar-refractivity contribution in [1.82, 2.24) is 4.90 Å². The molecule has 0 radical (unpaired) electrons. The van der Waals surface area contributed by atoms with Gasteiger partial charge in [-0.05, 0) is 108 Å². The molecule has 0 aromatic heterocycles. The number of nitro groups is 2. The van der Waals surface area contributed by atoms with Crippen LogP contribution in [-0.2, 0) is 27.5 Å². The summed E-state index contributed by atoms with van der Waals surface area (Å²) in [6, 6.07) is 30.5. The fraction of sp³-hybridized carbons (Fsp3) is 0.357. The molecule has 1 amide bonds. The summed E-state index contributed by atoms with van der Waals surface area (Å²) < 4.78 is 27.1. The molecule has 2 N–H and O–H groups in total. The number of hydrogen-bond donors (Lipinski definition) is 2. The lowest BCUT2D eigenvalue weighted by atomic mass is 9.55. The van der Waals surface area contributed by atoms with E-state index in [1.165, 1.54) is 24.3 Å². The number of unbranched alkanes of at least 4 members (excludes halogenated alkanes) is 2. The van der Waals surface area contributed by atoms with E-state index in [1.54, 1.807) is 47.4 Å². The van der Waals surface area contributed by atoms with Crippen molar-refractivity contribution >= 4 is 34.0 Å². The van der Waals surface area contributed by atoms with E-state index in [0.717, 1.165) is 33.9 Å². The van der Waals surface area contributed by atoms with Crippen LogP contribution in [0.25, 0.3) is 10.8 Å². The first kappa shape index (κ1) is 51.0. The third kappa shape index (κ3) is 11.2. The molecule has 5 aromatic carbocycles. The van der Waals surface area contributed by atoms with E-state index >= 15 is 4.79 Å². The molecule has 1 heterocycles. The lowest BCUT2D eigenvalue weighted by Gasteiger charge is -2.59. The topological polar surface area (TPSA) is 206 Å². The molecule has 6 atom stereocenters. The summed E-state index contributed by atoms with van der Waals surface area (Å²) in [6.07, 6.45) is 9.38. The number of non-ortho nitro benzene ring substituents is 2. The number of fused-ring (bicyclic) bond motifs is 3. The van der Waals surface area contributed by atoms with Crippen LogP contribution in [0.15, 0.2) is 151 Å². The molecule has 3 aliphatic rings. The molecule has 72 heavy (non-hydrogen) atoms. The smallest absolute Gasteiger partial charge is 0.410 e. The number of allylic oxidation sites excluding steroid dienone is 1. The fourth-order valence-corrected chi connectivity index (χ4v) is 10.6. The van der Waals surface area contributed by atoms with Gasteiger partial charge in [0, 0.05) is 49.3 Å². The summed E-state index contributed by atoms with van der Waals surface area (Å²) in [5.41, 5.74) is 3.43. The van der Waals surface area contributed by atoms with Gasteiger partial charge in [0.1, 0.15) is 29.9 Å². The maximum Gasteiger partial charge on any atom is 0.410 e. The number of aliphatic hydroxyl groups excluding tert-OH is 2. The summed E-state index contributed by atoms with van der Waals surface area (Å²) in [5.74, 6) is -1.74. The molecule has 0 bridgehead atoms. The van der Waals surface area contributed by atoms with E-state index in [1.807, 2.05) is 54.6 Å². The zero-order chi connectivity index (χ0) is 50.6. The maximum absolute atomic E-state index is 15.0. The minimum Gasteiger partial charge on any atom is -0.459 e. The highest BCUT2D eigenvalue weighted by molar-refractivity contribution is 6.03. The Kier molecular flexibility index (Phi) is 16.8. The summed E-state index contributed by atoms with van der Waals surface area (Å²) in [4.78, 5) is 45.2. The molecule has 1 fully saturated rings. The number of hydrogen-bond acceptors (Lipinski definition) is 13. The predicted octanol–water partition coefficient (Wildman–Crippen LogP) is 11.5. The van der Waals surface area contributed by atoms with E-state index < -0.39 is 39.6 Å². The lowest BCUT2D eigenvalue weighted by molar-refractivity contribution is -0.385. The first-order valence-corrected chi connectivity index (χ1v) is 24.5. The van der Waals surface area contributed by atoms with E-state index in [2.05, 4.69) is 19.2 Å². The van der Waals surface area contributed by atoms with Gasteiger partial charge in [-0.1, -0.05) is 84.8 Å². The molecule has 16 nitrogen and oxygen atoms in total. The predicted molar refractivity (Wildman–Crippen MR) is 272 cm³/mol. The van der Waals surface area contributed by atoms with Gasteiger partial charge in [-0.2, -0.15) is 0 Å². The second kappa shape index (κ2) is 23.7. The normalized spacial score (nSPS) is 21.3. The number of benzene rings is 5. The number of nitro benzene ring substituents is 2. The molecule has 5 aromatic rings. The van der Waals surface area contributed by atoms with E-state index in [0.29, 0.717) is 61.3 Å². The minimum absolute atomic E-state index is 0.00639. The molecule has 1 saturated carbocycles. The summed E-state index contributed by atoms with van der Waals surface area (Å²) in [5, 5.41) is 50.2. The van der Waals surface area contributed by atoms with Crippen molar-refractivity contribution in [3.05, 3.63) is 183 Å². The van der Waals surface area contributed by atoms with Crippen LogP contribution in [0, 0.1) is 38.0 Å². The van der Waals surface area contributed by atoms with Crippen molar-refractivity contribution in [3.8, 4) is 17.2 Å². The van der Waals surface area contributed by atoms with Gasteiger partial charge in [-0.3, -0.25) is 25.1 Å². The quantitative estimate of drug-likeness (QED) is 0.0256. The Bertz CT molecular complexity index is 2810. The fourth-order valence-electron chi connectivity index (χ4n) is 10.6. The van der Waals surface area contributed by atoms with Gasteiger partial charge in [-0.15, -0.1) is 13.2 Å². The van der Waals surface area contributed by atoms with Crippen LogP contribution in [0.5, 0.6) is 17.2 Å². The molecule has 376 valence electrons. The SMILES string of the molecule is C=CCCOC(=O)N(Cc1cccc2ccccc12)[C@H]1CC(=NOCc2ccc([N+](=O)[O-])cc2)C2=C[C@H](CCCCO)[C@@H](CCCCO)[C@@H]3c4cc(Oc5cccc([N+](=O)[O-])c5)ccc4O[C@@]1(OCC=C)[C@H]23. The first-order chi connectivity index (χ1) is 35.1. The highest BCUT2D eigenvalue weighted by Crippen LogP contribution is 2.62. The molecular weight excluding hydrogens is 921 g/mol. The maximum atomic E-state index is 15.0. The van der Waals surface area contributed by atoms with Crippen LogP contribution in [-0.4, -0.2) is 75.0 Å². The van der Waals surface area contributed by atoms with E-state index in [9.17, 15) is 30.4 Å². The zero-order valence-electron chi connectivity index (χ0n) is 40.1. The summed E-state index contributed by atoms with van der Waals surface area (Å²) >= 11 is 0. The molecule has 16 heteroatoms. The standard InChI is InChI=1S/C56H60N4O12/c1-3-5-31-68-55(63)58(36-41-17-12-16-39-14-6-7-20-46(39)41)52-35-50(57-70-37-38-22-24-42(25-23-38)59(64)65)48-32-40(15-8-10-28-61)47(21-9-11-29-62)53-49-34-45(71-44-19-13-18-43(33-44)60(66)67)26-27-51(49)72-56(52,54(48)53)69-30-4-2/h3-4,6-7,12-14,16-20,22-27,32-34,40,47,52-54,61-62H,1-2,5,8-11,15,21,28-31,35-37H2/t40-,47+,52-,53+,54+,56+/m0/s1. The largest absolute Gasteiger partial charge is 0.459 e. The van der Waals surface area contributed by atoms with Gasteiger partial charge < -0.3 is 34.0 Å². The molecule has 2 aliphatic carbocycles. The number of carbonyl (C=O) groups is 1. The second-order valence-electron chi connectivity index (χ2n) is 18.3. The zero-order valence-corrected chi connectivity index (χ0v) is 40.1. The third-order valence-electron chi connectivity index (χ3n) is 13.8. The van der Waals surface area contributed by atoms with Crippen LogP contribution < -0.4 is 9.47 Å². The molecule has 8 rings (SSSR count). The molecular formula is C56H60N4O12. The van der Waals surface area contributed by atoms with Gasteiger partial charge in [0.2, 0.25) is 5.79 Å². The highest BCUT2D eigenvalue weighted by atomic mass is 16.7. The first-order valence-electron chi connectivity index (χ1n) is 24.5. The van der Waals surface area contributed by atoms with Crippen molar-refractivity contribution in [1.29, 1.82) is 0 Å². The van der Waals surface area contributed by atoms with Gasteiger partial charge in [-0.25, -0.2) is 4.79 Å². The van der Waals surface area contributed by atoms with Gasteiger partial charge >= 0.3 is 6.09 Å². The molecule has 0 spiro atoms. The minimum atomic E-state index is -1.62. The van der Waals surface area contributed by atoms with Crippen molar-refractivity contribution in [2.24, 2.45) is 22.9 Å². The van der Waals surface area contributed by atoms with Gasteiger partial charge in [0.15, 0.2) is 0 Å². The number of carbonyl (C=O) groups excluding carboxylic acids is 1. The Balaban J connectivity index is 1.35. The highest BCUT2D eigenvalue weighted by Gasteiger charge is 2.66. The average Bonchev–Trinajstić information content (AvgIpc) is 3.39. The molecule has 1 aliphatic heterocycles. The Labute approximate surface area is 418 Å². The van der Waals surface area contributed by atoms with Crippen molar-refractivity contribution < 1.29 is 48.6 Å². The average molecular weight is 981 g/mol. The second-order valence-corrected chi connectivity index (χ2v) is 18.3. The summed E-state index contributed by atoms with van der Waals surface area (Å²) in [6.45, 7) is 8.08. The number of nitrogens with zero attached hydrogens (tertiary/aromatic N) is 4. The number of aliphatic hydroxyl groups is 2.